The van der Waals surface area contributed by atoms with E-state index >= 15 is 0 Å². The van der Waals surface area contributed by atoms with E-state index in [0.717, 1.165) is 25.7 Å². The highest BCUT2D eigenvalue weighted by atomic mass is 35.5. The van der Waals surface area contributed by atoms with Crippen LogP contribution in [-0.4, -0.2) is 5.91 Å². The summed E-state index contributed by atoms with van der Waals surface area (Å²) in [5.41, 5.74) is 5.32. The molecule has 0 radical (unpaired) electrons. The van der Waals surface area contributed by atoms with E-state index in [-0.39, 0.29) is 23.7 Å². The fourth-order valence-electron chi connectivity index (χ4n) is 2.33. The molecule has 2 N–H and O–H groups in total. The molecule has 0 spiro atoms. The van der Waals surface area contributed by atoms with E-state index in [4.69, 9.17) is 5.73 Å². The summed E-state index contributed by atoms with van der Waals surface area (Å²) in [6, 6.07) is 0. The SMILES string of the molecule is CCCC1(C(N)=O)CCCCC1.Cl. The number of hydrogen-bond donors (Lipinski definition) is 1. The number of amides is 1. The molecule has 78 valence electrons. The first-order valence-corrected chi connectivity index (χ1v) is 5.01. The Labute approximate surface area is 86.7 Å². The van der Waals surface area contributed by atoms with Crippen LogP contribution < -0.4 is 5.73 Å². The van der Waals surface area contributed by atoms with Crippen LogP contribution in [0.3, 0.4) is 0 Å². The largest absolute Gasteiger partial charge is 0.369 e. The van der Waals surface area contributed by atoms with Gasteiger partial charge in [0.2, 0.25) is 5.91 Å². The minimum Gasteiger partial charge on any atom is -0.369 e. The van der Waals surface area contributed by atoms with Gasteiger partial charge in [-0.3, -0.25) is 4.79 Å². The van der Waals surface area contributed by atoms with Gasteiger partial charge < -0.3 is 5.73 Å². The number of carbonyl (C=O) groups excluding carboxylic acids is 1. The summed E-state index contributed by atoms with van der Waals surface area (Å²) in [4.78, 5) is 11.3. The van der Waals surface area contributed by atoms with Gasteiger partial charge in [-0.05, 0) is 19.3 Å². The van der Waals surface area contributed by atoms with Gasteiger partial charge in [0.25, 0.3) is 0 Å². The zero-order chi connectivity index (χ0) is 9.03. The van der Waals surface area contributed by atoms with Gasteiger partial charge in [-0.1, -0.05) is 32.6 Å². The summed E-state index contributed by atoms with van der Waals surface area (Å²) < 4.78 is 0. The number of rotatable bonds is 3. The lowest BCUT2D eigenvalue weighted by Crippen LogP contribution is -2.38. The second kappa shape index (κ2) is 5.48. The minimum absolute atomic E-state index is 0. The van der Waals surface area contributed by atoms with E-state index in [9.17, 15) is 4.79 Å². The van der Waals surface area contributed by atoms with Crippen molar-refractivity contribution < 1.29 is 4.79 Å². The highest BCUT2D eigenvalue weighted by molar-refractivity contribution is 5.85. The molecule has 1 amide bonds. The average molecular weight is 206 g/mol. The Kier molecular flexibility index (Phi) is 5.38. The van der Waals surface area contributed by atoms with Crippen LogP contribution in [0.1, 0.15) is 51.9 Å². The molecule has 0 aliphatic heterocycles. The molecule has 2 nitrogen and oxygen atoms in total. The highest BCUT2D eigenvalue weighted by Crippen LogP contribution is 2.39. The monoisotopic (exact) mass is 205 g/mol. The Morgan fingerprint density at radius 1 is 1.31 bits per heavy atom. The van der Waals surface area contributed by atoms with E-state index in [1.807, 2.05) is 0 Å². The Bertz CT molecular complexity index is 159. The molecule has 1 saturated carbocycles. The van der Waals surface area contributed by atoms with Gasteiger partial charge >= 0.3 is 0 Å². The molecule has 0 heterocycles. The molecule has 0 atom stereocenters. The predicted molar refractivity (Wildman–Crippen MR) is 56.9 cm³/mol. The maximum atomic E-state index is 11.3. The topological polar surface area (TPSA) is 43.1 Å². The maximum Gasteiger partial charge on any atom is 0.223 e. The van der Waals surface area contributed by atoms with Crippen LogP contribution in [-0.2, 0) is 4.79 Å². The van der Waals surface area contributed by atoms with Crippen molar-refractivity contribution in [2.45, 2.75) is 51.9 Å². The molecule has 13 heavy (non-hydrogen) atoms. The molecule has 1 aliphatic rings. The number of nitrogens with two attached hydrogens (primary N) is 1. The molecule has 1 rings (SSSR count). The van der Waals surface area contributed by atoms with Crippen LogP contribution in [0.4, 0.5) is 0 Å². The molecular formula is C10H20ClNO. The first-order chi connectivity index (χ1) is 5.71. The van der Waals surface area contributed by atoms with Crippen LogP contribution in [0.25, 0.3) is 0 Å². The molecule has 0 aromatic rings. The van der Waals surface area contributed by atoms with Gasteiger partial charge in [0.05, 0.1) is 0 Å². The third-order valence-corrected chi connectivity index (χ3v) is 3.06. The first kappa shape index (κ1) is 12.8. The van der Waals surface area contributed by atoms with Gasteiger partial charge in [0.1, 0.15) is 0 Å². The van der Waals surface area contributed by atoms with Crippen LogP contribution in [0, 0.1) is 5.41 Å². The second-order valence-corrected chi connectivity index (χ2v) is 3.96. The molecule has 0 saturated heterocycles. The molecule has 0 bridgehead atoms. The summed E-state index contributed by atoms with van der Waals surface area (Å²) in [7, 11) is 0. The third-order valence-electron chi connectivity index (χ3n) is 3.06. The van der Waals surface area contributed by atoms with E-state index < -0.39 is 0 Å². The summed E-state index contributed by atoms with van der Waals surface area (Å²) >= 11 is 0. The molecule has 0 aromatic heterocycles. The van der Waals surface area contributed by atoms with Crippen molar-refractivity contribution in [2.24, 2.45) is 11.1 Å². The maximum absolute atomic E-state index is 11.3. The first-order valence-electron chi connectivity index (χ1n) is 5.01. The number of carbonyl (C=O) groups is 1. The summed E-state index contributed by atoms with van der Waals surface area (Å²) in [5, 5.41) is 0. The van der Waals surface area contributed by atoms with E-state index in [1.165, 1.54) is 19.3 Å². The third kappa shape index (κ3) is 2.87. The van der Waals surface area contributed by atoms with Crippen LogP contribution in [0.5, 0.6) is 0 Å². The van der Waals surface area contributed by atoms with Gasteiger partial charge in [-0.15, -0.1) is 12.4 Å². The van der Waals surface area contributed by atoms with Crippen molar-refractivity contribution in [3.63, 3.8) is 0 Å². The zero-order valence-corrected chi connectivity index (χ0v) is 9.16. The van der Waals surface area contributed by atoms with E-state index in [1.54, 1.807) is 0 Å². The molecule has 1 fully saturated rings. The van der Waals surface area contributed by atoms with Crippen molar-refractivity contribution in [2.75, 3.05) is 0 Å². The van der Waals surface area contributed by atoms with Crippen molar-refractivity contribution in [3.05, 3.63) is 0 Å². The molecule has 1 aliphatic carbocycles. The Hall–Kier alpha value is -0.240. The fourth-order valence-corrected chi connectivity index (χ4v) is 2.33. The van der Waals surface area contributed by atoms with Crippen molar-refractivity contribution in [1.82, 2.24) is 0 Å². The number of hydrogen-bond acceptors (Lipinski definition) is 1. The van der Waals surface area contributed by atoms with Crippen LogP contribution >= 0.6 is 12.4 Å². The number of primary amides is 1. The number of halogens is 1. The molecule has 3 heteroatoms. The zero-order valence-electron chi connectivity index (χ0n) is 8.34. The lowest BCUT2D eigenvalue weighted by Gasteiger charge is -2.33. The van der Waals surface area contributed by atoms with Crippen LogP contribution in [0.15, 0.2) is 0 Å². The highest BCUT2D eigenvalue weighted by Gasteiger charge is 2.36. The predicted octanol–water partition coefficient (Wildman–Crippen LogP) is 2.64. The van der Waals surface area contributed by atoms with Gasteiger partial charge in [0.15, 0.2) is 0 Å². The quantitative estimate of drug-likeness (QED) is 0.757. The Morgan fingerprint density at radius 3 is 2.23 bits per heavy atom. The molecule has 0 aromatic carbocycles. The van der Waals surface area contributed by atoms with E-state index in [0.29, 0.717) is 0 Å². The standard InChI is InChI=1S/C10H19NO.ClH/c1-2-6-10(9(11)12)7-4-3-5-8-10;/h2-8H2,1H3,(H2,11,12);1H. The second-order valence-electron chi connectivity index (χ2n) is 3.96. The Morgan fingerprint density at radius 2 is 1.85 bits per heavy atom. The van der Waals surface area contributed by atoms with Crippen LogP contribution in [0.2, 0.25) is 0 Å². The minimum atomic E-state index is -0.132. The fraction of sp³-hybridized carbons (Fsp3) is 0.900. The van der Waals surface area contributed by atoms with Crippen molar-refractivity contribution in [1.29, 1.82) is 0 Å². The summed E-state index contributed by atoms with van der Waals surface area (Å²) in [6.07, 6.45) is 7.75. The molecular weight excluding hydrogens is 186 g/mol. The average Bonchev–Trinajstić information content (AvgIpc) is 2.06. The summed E-state index contributed by atoms with van der Waals surface area (Å²) in [6.45, 7) is 2.12. The smallest absolute Gasteiger partial charge is 0.223 e. The lowest BCUT2D eigenvalue weighted by atomic mass is 9.71. The van der Waals surface area contributed by atoms with Gasteiger partial charge in [-0.25, -0.2) is 0 Å². The van der Waals surface area contributed by atoms with Gasteiger partial charge in [-0.2, -0.15) is 0 Å². The lowest BCUT2D eigenvalue weighted by molar-refractivity contribution is -0.130. The molecule has 0 unspecified atom stereocenters. The van der Waals surface area contributed by atoms with Crippen molar-refractivity contribution in [3.8, 4) is 0 Å². The Balaban J connectivity index is 0.00000144. The summed E-state index contributed by atoms with van der Waals surface area (Å²) in [5.74, 6) is -0.0657. The van der Waals surface area contributed by atoms with Crippen molar-refractivity contribution >= 4 is 18.3 Å². The normalized spacial score (nSPS) is 20.4. The van der Waals surface area contributed by atoms with Gasteiger partial charge in [0, 0.05) is 5.41 Å². The van der Waals surface area contributed by atoms with E-state index in [2.05, 4.69) is 6.92 Å².